The van der Waals surface area contributed by atoms with Gasteiger partial charge in [-0.15, -0.1) is 0 Å². The van der Waals surface area contributed by atoms with E-state index in [1.807, 2.05) is 60.7 Å². The number of thiazole rings is 1. The number of aromatic nitrogens is 1. The predicted molar refractivity (Wildman–Crippen MR) is 124 cm³/mol. The van der Waals surface area contributed by atoms with E-state index in [0.717, 1.165) is 21.2 Å². The molecule has 154 valence electrons. The van der Waals surface area contributed by atoms with Crippen LogP contribution in [0, 0.1) is 0 Å². The van der Waals surface area contributed by atoms with Crippen LogP contribution in [-0.4, -0.2) is 10.9 Å². The topological polar surface area (TPSA) is 98.2 Å². The van der Waals surface area contributed by atoms with E-state index in [0.29, 0.717) is 17.3 Å². The summed E-state index contributed by atoms with van der Waals surface area (Å²) in [5.41, 5.74) is 7.32. The molecular formula is C24H19N3O3S. The molecule has 7 heteroatoms. The van der Waals surface area contributed by atoms with E-state index in [1.54, 1.807) is 24.3 Å². The van der Waals surface area contributed by atoms with Gasteiger partial charge in [0.1, 0.15) is 11.1 Å². The zero-order valence-corrected chi connectivity index (χ0v) is 17.3. The lowest BCUT2D eigenvalue weighted by molar-refractivity contribution is 0.0947. The van der Waals surface area contributed by atoms with E-state index in [1.165, 1.54) is 11.3 Å². The number of anilines is 1. The first-order chi connectivity index (χ1) is 15.1. The third kappa shape index (κ3) is 4.96. The number of carbonyl (C=O) groups is 1. The summed E-state index contributed by atoms with van der Waals surface area (Å²) in [5, 5.41) is 4.09. The summed E-state index contributed by atoms with van der Waals surface area (Å²) in [5.74, 6) is -0.432. The molecule has 0 spiro atoms. The van der Waals surface area contributed by atoms with Gasteiger partial charge in [-0.25, -0.2) is 9.78 Å². The molecule has 6 nitrogen and oxygen atoms in total. The lowest BCUT2D eigenvalue weighted by Gasteiger charge is -2.05. The quantitative estimate of drug-likeness (QED) is 0.409. The van der Waals surface area contributed by atoms with Crippen molar-refractivity contribution in [2.75, 3.05) is 5.73 Å². The van der Waals surface area contributed by atoms with Gasteiger partial charge in [-0.05, 0) is 29.8 Å². The van der Waals surface area contributed by atoms with Crippen molar-refractivity contribution < 1.29 is 9.21 Å². The number of nitrogens with two attached hydrogens (primary N) is 1. The molecule has 1 amide bonds. The highest BCUT2D eigenvalue weighted by atomic mass is 32.1. The van der Waals surface area contributed by atoms with Gasteiger partial charge >= 0.3 is 5.63 Å². The molecule has 3 aromatic carbocycles. The predicted octanol–water partition coefficient (Wildman–Crippen LogP) is 4.60. The van der Waals surface area contributed by atoms with Crippen molar-refractivity contribution in [3.63, 3.8) is 0 Å². The summed E-state index contributed by atoms with van der Waals surface area (Å²) >= 11 is 1.52. The van der Waals surface area contributed by atoms with E-state index in [2.05, 4.69) is 10.3 Å². The number of nitrogen functional groups attached to an aromatic ring is 1. The molecule has 0 radical (unpaired) electrons. The minimum absolute atomic E-state index is 0.0182. The Labute approximate surface area is 182 Å². The van der Waals surface area contributed by atoms with Crippen LogP contribution < -0.4 is 16.7 Å². The number of rotatable bonds is 3. The van der Waals surface area contributed by atoms with Crippen molar-refractivity contribution in [3.05, 3.63) is 106 Å². The largest absolute Gasteiger partial charge is 0.422 e. The van der Waals surface area contributed by atoms with Gasteiger partial charge in [-0.1, -0.05) is 72.0 Å². The lowest BCUT2D eigenvalue weighted by Crippen LogP contribution is -2.27. The highest BCUT2D eigenvalue weighted by Crippen LogP contribution is 2.22. The second-order valence-electron chi connectivity index (χ2n) is 6.67. The molecular weight excluding hydrogens is 410 g/mol. The van der Waals surface area contributed by atoms with Gasteiger partial charge in [0, 0.05) is 11.9 Å². The molecule has 2 aromatic heterocycles. The second kappa shape index (κ2) is 9.23. The van der Waals surface area contributed by atoms with Crippen molar-refractivity contribution >= 4 is 43.6 Å². The summed E-state index contributed by atoms with van der Waals surface area (Å²) in [6, 6.07) is 26.1. The Morgan fingerprint density at radius 3 is 2.48 bits per heavy atom. The van der Waals surface area contributed by atoms with Crippen LogP contribution in [0.5, 0.6) is 0 Å². The van der Waals surface area contributed by atoms with Crippen LogP contribution >= 0.6 is 11.3 Å². The Balaban J connectivity index is 0.000000192. The van der Waals surface area contributed by atoms with E-state index in [9.17, 15) is 9.59 Å². The first-order valence-corrected chi connectivity index (χ1v) is 10.4. The number of fused-ring (bicyclic) bond motifs is 2. The molecule has 0 saturated carbocycles. The smallest absolute Gasteiger partial charge is 0.349 e. The highest BCUT2D eigenvalue weighted by molar-refractivity contribution is 7.22. The van der Waals surface area contributed by atoms with Gasteiger partial charge in [0.2, 0.25) is 0 Å². The minimum atomic E-state index is -0.626. The zero-order valence-electron chi connectivity index (χ0n) is 16.4. The van der Waals surface area contributed by atoms with Gasteiger partial charge in [0.05, 0.1) is 10.2 Å². The van der Waals surface area contributed by atoms with Crippen LogP contribution in [0.2, 0.25) is 0 Å². The molecule has 0 bridgehead atoms. The minimum Gasteiger partial charge on any atom is -0.422 e. The second-order valence-corrected chi connectivity index (χ2v) is 7.74. The maximum atomic E-state index is 12.1. The van der Waals surface area contributed by atoms with Crippen molar-refractivity contribution in [1.29, 1.82) is 0 Å². The maximum absolute atomic E-state index is 12.1. The molecule has 0 fully saturated rings. The summed E-state index contributed by atoms with van der Waals surface area (Å²) in [7, 11) is 0. The molecule has 5 aromatic rings. The van der Waals surface area contributed by atoms with Crippen molar-refractivity contribution in [1.82, 2.24) is 10.3 Å². The number of benzene rings is 3. The average Bonchev–Trinajstić information content (AvgIpc) is 3.18. The van der Waals surface area contributed by atoms with Crippen LogP contribution in [0.25, 0.3) is 21.2 Å². The molecule has 5 rings (SSSR count). The molecule has 31 heavy (non-hydrogen) atoms. The number of nitrogens with one attached hydrogen (secondary N) is 1. The van der Waals surface area contributed by atoms with E-state index < -0.39 is 11.5 Å². The summed E-state index contributed by atoms with van der Waals surface area (Å²) < 4.78 is 6.30. The Hall–Kier alpha value is -3.97. The van der Waals surface area contributed by atoms with E-state index >= 15 is 0 Å². The third-order valence-electron chi connectivity index (χ3n) is 4.49. The fourth-order valence-electron chi connectivity index (χ4n) is 2.98. The molecule has 0 aliphatic heterocycles. The molecule has 0 saturated heterocycles. The Morgan fingerprint density at radius 1 is 0.968 bits per heavy atom. The number of hydrogen-bond donors (Lipinski definition) is 2. The standard InChI is InChI=1S/C17H13NO3.C7H6N2S/c19-16(18-11-12-6-2-1-3-7-12)14-10-13-8-4-5-9-15(13)21-17(14)20;8-7-9-5-3-1-2-4-6(5)10-7/h1-10H,11H2,(H,18,19);1-4H,(H2,8,9). The number of amides is 1. The molecule has 0 atom stereocenters. The summed E-state index contributed by atoms with van der Waals surface area (Å²) in [6.07, 6.45) is 0. The lowest BCUT2D eigenvalue weighted by atomic mass is 10.1. The first kappa shape index (κ1) is 20.3. The van der Waals surface area contributed by atoms with Gasteiger partial charge < -0.3 is 15.5 Å². The molecule has 2 heterocycles. The van der Waals surface area contributed by atoms with Crippen LogP contribution in [0.4, 0.5) is 5.13 Å². The Kier molecular flexibility index (Phi) is 6.05. The van der Waals surface area contributed by atoms with Crippen LogP contribution in [0.15, 0.2) is 94.1 Å². The number of carbonyl (C=O) groups excluding carboxylic acids is 1. The number of nitrogens with zero attached hydrogens (tertiary/aromatic N) is 1. The van der Waals surface area contributed by atoms with Crippen molar-refractivity contribution in [3.8, 4) is 0 Å². The van der Waals surface area contributed by atoms with Crippen molar-refractivity contribution in [2.24, 2.45) is 0 Å². The third-order valence-corrected chi connectivity index (χ3v) is 5.36. The van der Waals surface area contributed by atoms with Crippen LogP contribution in [0.1, 0.15) is 15.9 Å². The fraction of sp³-hybridized carbons (Fsp3) is 0.0417. The van der Waals surface area contributed by atoms with Gasteiger partial charge in [0.25, 0.3) is 5.91 Å². The molecule has 0 unspecified atom stereocenters. The zero-order chi connectivity index (χ0) is 21.6. The van der Waals surface area contributed by atoms with Crippen molar-refractivity contribution in [2.45, 2.75) is 6.54 Å². The summed E-state index contributed by atoms with van der Waals surface area (Å²) in [4.78, 5) is 28.1. The molecule has 0 aliphatic rings. The monoisotopic (exact) mass is 429 g/mol. The average molecular weight is 430 g/mol. The molecule has 3 N–H and O–H groups in total. The van der Waals surface area contributed by atoms with E-state index in [4.69, 9.17) is 10.2 Å². The van der Waals surface area contributed by atoms with Gasteiger partial charge in [-0.2, -0.15) is 0 Å². The highest BCUT2D eigenvalue weighted by Gasteiger charge is 2.13. The fourth-order valence-corrected chi connectivity index (χ4v) is 3.72. The number of para-hydroxylation sites is 2. The van der Waals surface area contributed by atoms with Gasteiger partial charge in [0.15, 0.2) is 5.13 Å². The molecule has 0 aliphatic carbocycles. The first-order valence-electron chi connectivity index (χ1n) is 9.56. The summed E-state index contributed by atoms with van der Waals surface area (Å²) in [6.45, 7) is 0.367. The van der Waals surface area contributed by atoms with E-state index in [-0.39, 0.29) is 5.56 Å². The van der Waals surface area contributed by atoms with Crippen LogP contribution in [-0.2, 0) is 6.54 Å². The van der Waals surface area contributed by atoms with Crippen LogP contribution in [0.3, 0.4) is 0 Å². The maximum Gasteiger partial charge on any atom is 0.349 e. The SMILES string of the molecule is Nc1nc2ccccc2s1.O=C(NCc1ccccc1)c1cc2ccccc2oc1=O. The normalized spacial score (nSPS) is 10.5. The Morgan fingerprint density at radius 2 is 1.68 bits per heavy atom. The van der Waals surface area contributed by atoms with Gasteiger partial charge in [-0.3, -0.25) is 4.79 Å². The Bertz CT molecular complexity index is 1360. The number of hydrogen-bond acceptors (Lipinski definition) is 6.